The van der Waals surface area contributed by atoms with E-state index in [1.165, 1.54) is 64.2 Å². The summed E-state index contributed by atoms with van der Waals surface area (Å²) in [5, 5.41) is 0. The molecule has 0 aromatic carbocycles. The Labute approximate surface area is 199 Å². The summed E-state index contributed by atoms with van der Waals surface area (Å²) in [7, 11) is 2.12. The first kappa shape index (κ1) is 24.6. The van der Waals surface area contributed by atoms with E-state index in [9.17, 15) is 4.79 Å². The van der Waals surface area contributed by atoms with E-state index in [1.807, 2.05) is 0 Å². The molecule has 3 aliphatic carbocycles. The zero-order valence-corrected chi connectivity index (χ0v) is 22.5. The minimum absolute atomic E-state index is 0.347. The third kappa shape index (κ3) is 3.98. The van der Waals surface area contributed by atoms with Gasteiger partial charge >= 0.3 is 0 Å². The van der Waals surface area contributed by atoms with Gasteiger partial charge in [-0.2, -0.15) is 0 Å². The number of carbonyl (C=O) groups excluding carboxylic acids is 1. The molecule has 9 atom stereocenters. The molecule has 0 aromatic rings. The Hall–Kier alpha value is -0.530. The molecule has 0 radical (unpaired) electrons. The molecule has 1 heterocycles. The third-order valence-corrected chi connectivity index (χ3v) is 11.6. The molecule has 0 bridgehead atoms. The summed E-state index contributed by atoms with van der Waals surface area (Å²) in [5.74, 6) is 6.56. The van der Waals surface area contributed by atoms with Gasteiger partial charge in [-0.05, 0) is 90.8 Å². The molecular formula is C30H53NO. The van der Waals surface area contributed by atoms with E-state index in [1.54, 1.807) is 0 Å². The highest BCUT2D eigenvalue weighted by Crippen LogP contribution is 2.68. The molecular weight excluding hydrogens is 390 g/mol. The lowest BCUT2D eigenvalue weighted by Gasteiger charge is -2.64. The number of hydrogen-bond donors (Lipinski definition) is 0. The highest BCUT2D eigenvalue weighted by molar-refractivity contribution is 5.77. The molecule has 2 heteroatoms. The van der Waals surface area contributed by atoms with Crippen LogP contribution in [0.5, 0.6) is 0 Å². The molecule has 2 nitrogen and oxygen atoms in total. The molecule has 1 aliphatic heterocycles. The lowest BCUT2D eigenvalue weighted by molar-refractivity contribution is -0.169. The number of carbonyl (C=O) groups is 1. The Morgan fingerprint density at radius 2 is 1.72 bits per heavy atom. The van der Waals surface area contributed by atoms with Gasteiger partial charge in [0.25, 0.3) is 0 Å². The molecule has 4 aliphatic rings. The fourth-order valence-electron chi connectivity index (χ4n) is 9.97. The van der Waals surface area contributed by atoms with Crippen molar-refractivity contribution >= 4 is 5.91 Å². The van der Waals surface area contributed by atoms with Crippen molar-refractivity contribution in [3.8, 4) is 0 Å². The van der Waals surface area contributed by atoms with Gasteiger partial charge in [0.15, 0.2) is 0 Å². The highest BCUT2D eigenvalue weighted by Gasteiger charge is 2.63. The van der Waals surface area contributed by atoms with Crippen molar-refractivity contribution in [2.24, 2.45) is 52.3 Å². The molecule has 0 aromatic heterocycles. The number of hydrogen-bond acceptors (Lipinski definition) is 1. The normalized spacial score (nSPS) is 44.9. The largest absolute Gasteiger partial charge is 0.342 e. The Bertz CT molecular complexity index is 672. The molecule has 0 N–H and O–H groups in total. The molecule has 4 rings (SSSR count). The summed E-state index contributed by atoms with van der Waals surface area (Å²) in [6.07, 6.45) is 15.9. The van der Waals surface area contributed by atoms with Crippen LogP contribution in [0.4, 0.5) is 0 Å². The summed E-state index contributed by atoms with van der Waals surface area (Å²) < 4.78 is 0. The van der Waals surface area contributed by atoms with E-state index in [4.69, 9.17) is 0 Å². The van der Waals surface area contributed by atoms with Gasteiger partial charge in [-0.1, -0.05) is 73.6 Å². The van der Waals surface area contributed by atoms with Crippen molar-refractivity contribution in [3.63, 3.8) is 0 Å². The predicted octanol–water partition coefficient (Wildman–Crippen LogP) is 7.95. The van der Waals surface area contributed by atoms with Gasteiger partial charge in [-0.15, -0.1) is 0 Å². The van der Waals surface area contributed by atoms with Gasteiger partial charge in [0, 0.05) is 19.5 Å². The predicted molar refractivity (Wildman–Crippen MR) is 135 cm³/mol. The average molecular weight is 444 g/mol. The Morgan fingerprint density at radius 3 is 2.41 bits per heavy atom. The first-order valence-corrected chi connectivity index (χ1v) is 14.4. The van der Waals surface area contributed by atoms with E-state index in [0.717, 1.165) is 54.3 Å². The van der Waals surface area contributed by atoms with Crippen LogP contribution in [0.25, 0.3) is 0 Å². The maximum atomic E-state index is 12.6. The smallest absolute Gasteiger partial charge is 0.222 e. The number of fused-ring (bicyclic) bond motifs is 5. The topological polar surface area (TPSA) is 20.3 Å². The third-order valence-electron chi connectivity index (χ3n) is 11.6. The first-order chi connectivity index (χ1) is 15.1. The van der Waals surface area contributed by atoms with Crippen LogP contribution in [0.3, 0.4) is 0 Å². The molecule has 184 valence electrons. The second-order valence-electron chi connectivity index (χ2n) is 13.6. The van der Waals surface area contributed by atoms with Gasteiger partial charge in [0.1, 0.15) is 0 Å². The summed E-state index contributed by atoms with van der Waals surface area (Å²) in [4.78, 5) is 14.8. The van der Waals surface area contributed by atoms with Crippen molar-refractivity contribution in [2.45, 2.75) is 125 Å². The quantitative estimate of drug-likeness (QED) is 0.391. The lowest BCUT2D eigenvalue weighted by Crippen LogP contribution is -2.63. The van der Waals surface area contributed by atoms with E-state index in [0.29, 0.717) is 22.8 Å². The monoisotopic (exact) mass is 443 g/mol. The number of amides is 1. The number of likely N-dealkylation sites (tertiary alicyclic amines) is 1. The van der Waals surface area contributed by atoms with Crippen molar-refractivity contribution in [1.82, 2.24) is 4.90 Å². The minimum Gasteiger partial charge on any atom is -0.342 e. The van der Waals surface area contributed by atoms with Crippen molar-refractivity contribution in [2.75, 3.05) is 7.05 Å². The van der Waals surface area contributed by atoms with Gasteiger partial charge in [0.2, 0.25) is 5.91 Å². The zero-order valence-electron chi connectivity index (χ0n) is 22.5. The van der Waals surface area contributed by atoms with Crippen LogP contribution in [0.1, 0.15) is 119 Å². The fraction of sp³-hybridized carbons (Fsp3) is 0.967. The lowest BCUT2D eigenvalue weighted by atomic mass is 9.43. The molecule has 32 heavy (non-hydrogen) atoms. The molecule has 1 amide bonds. The van der Waals surface area contributed by atoms with Crippen LogP contribution in [0.2, 0.25) is 0 Å². The van der Waals surface area contributed by atoms with Crippen molar-refractivity contribution in [1.29, 1.82) is 0 Å². The van der Waals surface area contributed by atoms with Crippen molar-refractivity contribution in [3.05, 3.63) is 0 Å². The molecule has 0 spiro atoms. The van der Waals surface area contributed by atoms with Gasteiger partial charge < -0.3 is 4.90 Å². The first-order valence-electron chi connectivity index (χ1n) is 14.4. The molecule has 1 saturated heterocycles. The Balaban J connectivity index is 1.57. The maximum absolute atomic E-state index is 12.6. The van der Waals surface area contributed by atoms with Crippen LogP contribution in [0.15, 0.2) is 0 Å². The highest BCUT2D eigenvalue weighted by atomic mass is 16.2. The second-order valence-corrected chi connectivity index (χ2v) is 13.6. The Morgan fingerprint density at radius 1 is 1.00 bits per heavy atom. The van der Waals surface area contributed by atoms with E-state index < -0.39 is 0 Å². The minimum atomic E-state index is 0.347. The van der Waals surface area contributed by atoms with E-state index in [-0.39, 0.29) is 0 Å². The van der Waals surface area contributed by atoms with Crippen LogP contribution in [0, 0.1) is 52.3 Å². The van der Waals surface area contributed by atoms with Crippen LogP contribution >= 0.6 is 0 Å². The number of rotatable bonds is 7. The second kappa shape index (κ2) is 9.26. The molecule has 4 fully saturated rings. The maximum Gasteiger partial charge on any atom is 0.222 e. The summed E-state index contributed by atoms with van der Waals surface area (Å²) in [6, 6.07) is 0.484. The van der Waals surface area contributed by atoms with Crippen LogP contribution in [-0.4, -0.2) is 23.9 Å². The fourth-order valence-corrected chi connectivity index (χ4v) is 9.97. The SMILES string of the molecule is CCC[C@H]1CC2N(C)C(=O)CC[C@]2(C)C2CC[C@]3(C)C(C(C)CCCC(C)C)CCC3C21. The summed E-state index contributed by atoms with van der Waals surface area (Å²) in [5.41, 5.74) is 0.907. The summed E-state index contributed by atoms with van der Waals surface area (Å²) in [6.45, 7) is 15.0. The van der Waals surface area contributed by atoms with Gasteiger partial charge in [-0.25, -0.2) is 0 Å². The zero-order chi connectivity index (χ0) is 23.3. The van der Waals surface area contributed by atoms with Gasteiger partial charge in [0.05, 0.1) is 0 Å². The Kier molecular flexibility index (Phi) is 7.11. The molecule has 6 unspecified atom stereocenters. The van der Waals surface area contributed by atoms with E-state index >= 15 is 0 Å². The molecule has 3 saturated carbocycles. The van der Waals surface area contributed by atoms with E-state index in [2.05, 4.69) is 53.5 Å². The summed E-state index contributed by atoms with van der Waals surface area (Å²) >= 11 is 0. The number of piperidine rings is 1. The van der Waals surface area contributed by atoms with Gasteiger partial charge in [-0.3, -0.25) is 4.79 Å². The van der Waals surface area contributed by atoms with Crippen LogP contribution < -0.4 is 0 Å². The van der Waals surface area contributed by atoms with Crippen LogP contribution in [-0.2, 0) is 4.79 Å². The average Bonchev–Trinajstić information content (AvgIpc) is 3.09. The number of nitrogens with zero attached hydrogens (tertiary/aromatic N) is 1. The van der Waals surface area contributed by atoms with Crippen molar-refractivity contribution < 1.29 is 4.79 Å². The standard InChI is InChI=1S/C30H53NO/c1-8-10-22-19-26-30(6,18-16-27(32)31(26)7)25-15-17-29(5)23(13-14-24(29)28(22)25)21(4)12-9-11-20(2)3/h20-26,28H,8-19H2,1-7H3/t21?,22-,23?,24?,25?,26?,28?,29+,30+/m0/s1.